The maximum atomic E-state index is 3.27. The van der Waals surface area contributed by atoms with Crippen molar-refractivity contribution in [3.8, 4) is 0 Å². The van der Waals surface area contributed by atoms with Gasteiger partial charge in [0, 0.05) is 6.04 Å². The fraction of sp³-hybridized carbons (Fsp3) is 0.600. The molecule has 1 N–H and O–H groups in total. The fourth-order valence-corrected chi connectivity index (χ4v) is 1.06. The molecule has 0 radical (unpaired) electrons. The fourth-order valence-electron chi connectivity index (χ4n) is 1.06. The summed E-state index contributed by atoms with van der Waals surface area (Å²) in [6.45, 7) is 8.35. The molecule has 0 saturated heterocycles. The number of nitrogens with one attached hydrogen (secondary N) is 1. The lowest BCUT2D eigenvalue weighted by Crippen LogP contribution is -2.26. The van der Waals surface area contributed by atoms with E-state index >= 15 is 0 Å². The van der Waals surface area contributed by atoms with Gasteiger partial charge in [-0.2, -0.15) is 0 Å². The molecule has 1 heterocycles. The lowest BCUT2D eigenvalue weighted by molar-refractivity contribution is 0.636. The summed E-state index contributed by atoms with van der Waals surface area (Å²) in [4.78, 5) is 0. The van der Waals surface area contributed by atoms with Crippen molar-refractivity contribution >= 4 is 0 Å². The summed E-state index contributed by atoms with van der Waals surface area (Å²) in [6, 6.07) is 0.579. The predicted molar refractivity (Wildman–Crippen MR) is 51.5 cm³/mol. The molecule has 1 aliphatic heterocycles. The molecule has 1 heteroatoms. The van der Waals surface area contributed by atoms with Crippen LogP contribution in [0.5, 0.6) is 0 Å². The Morgan fingerprint density at radius 2 is 2.09 bits per heavy atom. The van der Waals surface area contributed by atoms with Crippen LogP contribution >= 0.6 is 0 Å². The van der Waals surface area contributed by atoms with Gasteiger partial charge in [-0.05, 0) is 25.6 Å². The quantitative estimate of drug-likeness (QED) is 0.611. The summed E-state index contributed by atoms with van der Waals surface area (Å²) in [6.07, 6.45) is 7.37. The largest absolute Gasteiger partial charge is 0.384 e. The van der Waals surface area contributed by atoms with Gasteiger partial charge < -0.3 is 5.32 Å². The second kappa shape index (κ2) is 6.02. The summed E-state index contributed by atoms with van der Waals surface area (Å²) in [5.41, 5.74) is 1.43. The maximum absolute atomic E-state index is 3.27. The van der Waals surface area contributed by atoms with Gasteiger partial charge in [-0.15, -0.1) is 0 Å². The van der Waals surface area contributed by atoms with E-state index < -0.39 is 0 Å². The van der Waals surface area contributed by atoms with E-state index in [0.29, 0.717) is 6.04 Å². The number of rotatable bonds is 1. The molecule has 1 aliphatic rings. The monoisotopic (exact) mass is 153 g/mol. The Hall–Kier alpha value is -0.720. The molecule has 11 heavy (non-hydrogen) atoms. The minimum atomic E-state index is 0.579. The van der Waals surface area contributed by atoms with Gasteiger partial charge in [-0.3, -0.25) is 0 Å². The molecule has 1 rings (SSSR count). The predicted octanol–water partition coefficient (Wildman–Crippen LogP) is 2.85. The molecular formula is C10H19N. The molecule has 64 valence electrons. The Labute approximate surface area is 70.2 Å². The molecule has 1 nitrogen and oxygen atoms in total. The third kappa shape index (κ3) is 3.26. The Kier molecular flexibility index (Phi) is 5.63. The summed E-state index contributed by atoms with van der Waals surface area (Å²) in [5, 5.41) is 3.27. The second-order valence-electron chi connectivity index (χ2n) is 2.40. The van der Waals surface area contributed by atoms with Crippen LogP contribution in [0.15, 0.2) is 23.9 Å². The third-order valence-corrected chi connectivity index (χ3v) is 1.71. The van der Waals surface area contributed by atoms with Crippen molar-refractivity contribution in [3.05, 3.63) is 23.9 Å². The van der Waals surface area contributed by atoms with E-state index in [1.54, 1.807) is 0 Å². The van der Waals surface area contributed by atoms with Crippen LogP contribution in [0.3, 0.4) is 0 Å². The number of hydrogen-bond donors (Lipinski definition) is 1. The average molecular weight is 153 g/mol. The van der Waals surface area contributed by atoms with E-state index in [0.717, 1.165) is 0 Å². The van der Waals surface area contributed by atoms with Gasteiger partial charge in [0.2, 0.25) is 0 Å². The van der Waals surface area contributed by atoms with E-state index in [9.17, 15) is 0 Å². The second-order valence-corrected chi connectivity index (χ2v) is 2.40. The number of hydrogen-bond acceptors (Lipinski definition) is 1. The average Bonchev–Trinajstić information content (AvgIpc) is 2.09. The van der Waals surface area contributed by atoms with Crippen LogP contribution < -0.4 is 5.32 Å². The van der Waals surface area contributed by atoms with E-state index in [1.807, 2.05) is 26.1 Å². The Bertz CT molecular complexity index is 145. The Morgan fingerprint density at radius 1 is 1.45 bits per heavy atom. The summed E-state index contributed by atoms with van der Waals surface area (Å²) in [5.74, 6) is 0. The van der Waals surface area contributed by atoms with Crippen LogP contribution in [0.4, 0.5) is 0 Å². The van der Waals surface area contributed by atoms with Crippen LogP contribution in [-0.2, 0) is 0 Å². The van der Waals surface area contributed by atoms with Gasteiger partial charge in [-0.1, -0.05) is 32.4 Å². The highest BCUT2D eigenvalue weighted by Crippen LogP contribution is 2.08. The van der Waals surface area contributed by atoms with Gasteiger partial charge in [0.25, 0.3) is 0 Å². The molecule has 0 saturated carbocycles. The van der Waals surface area contributed by atoms with Gasteiger partial charge >= 0.3 is 0 Å². The first-order valence-corrected chi connectivity index (χ1v) is 4.44. The lowest BCUT2D eigenvalue weighted by atomic mass is 10.0. The zero-order valence-corrected chi connectivity index (χ0v) is 8.02. The van der Waals surface area contributed by atoms with Crippen molar-refractivity contribution in [1.29, 1.82) is 0 Å². The van der Waals surface area contributed by atoms with Gasteiger partial charge in [0.1, 0.15) is 0 Å². The highest BCUT2D eigenvalue weighted by Gasteiger charge is 2.05. The standard InChI is InChI=1S/C8H13N.C2H6/c1-3-8-7(2)5-4-6-9-8;1-2/h4-6,8-9H,3H2,1-2H3;1-2H3. The molecule has 0 amide bonds. The zero-order chi connectivity index (χ0) is 8.69. The van der Waals surface area contributed by atoms with Gasteiger partial charge in [-0.25, -0.2) is 0 Å². The van der Waals surface area contributed by atoms with E-state index in [-0.39, 0.29) is 0 Å². The van der Waals surface area contributed by atoms with E-state index in [1.165, 1.54) is 12.0 Å². The van der Waals surface area contributed by atoms with Crippen molar-refractivity contribution in [3.63, 3.8) is 0 Å². The van der Waals surface area contributed by atoms with Crippen molar-refractivity contribution < 1.29 is 0 Å². The highest BCUT2D eigenvalue weighted by molar-refractivity contribution is 5.20. The molecule has 0 aliphatic carbocycles. The molecule has 0 aromatic rings. The topological polar surface area (TPSA) is 12.0 Å². The number of allylic oxidation sites excluding steroid dienone is 2. The third-order valence-electron chi connectivity index (χ3n) is 1.71. The first-order valence-electron chi connectivity index (χ1n) is 4.44. The van der Waals surface area contributed by atoms with Gasteiger partial charge in [0.15, 0.2) is 0 Å². The van der Waals surface area contributed by atoms with Crippen LogP contribution in [0.2, 0.25) is 0 Å². The SMILES string of the molecule is CC.CCC1NC=CC=C1C. The van der Waals surface area contributed by atoms with Crippen LogP contribution in [-0.4, -0.2) is 6.04 Å². The number of dihydropyridines is 1. The van der Waals surface area contributed by atoms with Crippen molar-refractivity contribution in [2.45, 2.75) is 40.2 Å². The van der Waals surface area contributed by atoms with Crippen LogP contribution in [0.25, 0.3) is 0 Å². The molecule has 0 bridgehead atoms. The summed E-state index contributed by atoms with van der Waals surface area (Å²) in [7, 11) is 0. The van der Waals surface area contributed by atoms with Crippen LogP contribution in [0.1, 0.15) is 34.1 Å². The highest BCUT2D eigenvalue weighted by atomic mass is 14.9. The Morgan fingerprint density at radius 3 is 2.45 bits per heavy atom. The zero-order valence-electron chi connectivity index (χ0n) is 8.02. The van der Waals surface area contributed by atoms with Crippen molar-refractivity contribution in [2.75, 3.05) is 0 Å². The van der Waals surface area contributed by atoms with Crippen molar-refractivity contribution in [2.24, 2.45) is 0 Å². The molecule has 1 unspecified atom stereocenters. The summed E-state index contributed by atoms with van der Waals surface area (Å²) >= 11 is 0. The van der Waals surface area contributed by atoms with Crippen LogP contribution in [0, 0.1) is 0 Å². The first-order chi connectivity index (χ1) is 5.34. The normalized spacial score (nSPS) is 21.1. The summed E-state index contributed by atoms with van der Waals surface area (Å²) < 4.78 is 0. The van der Waals surface area contributed by atoms with E-state index in [2.05, 4.69) is 25.2 Å². The minimum Gasteiger partial charge on any atom is -0.384 e. The molecule has 0 aromatic heterocycles. The van der Waals surface area contributed by atoms with E-state index in [4.69, 9.17) is 0 Å². The smallest absolute Gasteiger partial charge is 0.0465 e. The van der Waals surface area contributed by atoms with Crippen molar-refractivity contribution in [1.82, 2.24) is 5.32 Å². The lowest BCUT2D eigenvalue weighted by Gasteiger charge is -2.18. The Balaban J connectivity index is 0.000000461. The molecule has 0 spiro atoms. The molecule has 1 atom stereocenters. The molecule has 0 fully saturated rings. The first kappa shape index (κ1) is 10.3. The minimum absolute atomic E-state index is 0.579. The maximum Gasteiger partial charge on any atom is 0.0465 e. The van der Waals surface area contributed by atoms with Gasteiger partial charge in [0.05, 0.1) is 0 Å². The molecule has 0 aromatic carbocycles. The molecular weight excluding hydrogens is 134 g/mol.